The van der Waals surface area contributed by atoms with Crippen LogP contribution in [0.1, 0.15) is 0 Å². The average Bonchev–Trinajstić information content (AvgIpc) is 3.72. The Morgan fingerprint density at radius 1 is 0.373 bits per heavy atom. The van der Waals surface area contributed by atoms with Crippen LogP contribution in [0.4, 0.5) is 0 Å². The topological polar surface area (TPSA) is 30.7 Å². The van der Waals surface area contributed by atoms with Crippen molar-refractivity contribution in [1.82, 2.24) is 14.5 Å². The van der Waals surface area contributed by atoms with Gasteiger partial charge in [-0.15, -0.1) is 0 Å². The predicted octanol–water partition coefficient (Wildman–Crippen LogP) is 12.7. The maximum Gasteiger partial charge on any atom is 0.235 e. The Kier molecular flexibility index (Phi) is 5.23. The maximum absolute atomic E-state index is 5.60. The van der Waals surface area contributed by atoms with Crippen molar-refractivity contribution in [2.45, 2.75) is 0 Å². The van der Waals surface area contributed by atoms with Gasteiger partial charge in [0.25, 0.3) is 0 Å². The molecule has 51 heavy (non-hydrogen) atoms. The van der Waals surface area contributed by atoms with Crippen molar-refractivity contribution in [3.8, 4) is 39.5 Å². The number of benzene rings is 9. The van der Waals surface area contributed by atoms with E-state index in [9.17, 15) is 0 Å². The van der Waals surface area contributed by atoms with Gasteiger partial charge in [0.05, 0.1) is 22.2 Å². The van der Waals surface area contributed by atoms with Gasteiger partial charge in [-0.3, -0.25) is 4.57 Å². The van der Waals surface area contributed by atoms with Gasteiger partial charge >= 0.3 is 0 Å². The highest BCUT2D eigenvalue weighted by atomic mass is 15.2. The fourth-order valence-electron chi connectivity index (χ4n) is 9.03. The molecule has 12 rings (SSSR count). The van der Waals surface area contributed by atoms with Crippen LogP contribution < -0.4 is 0 Å². The molecule has 2 aromatic heterocycles. The lowest BCUT2D eigenvalue weighted by Crippen LogP contribution is -2.04. The van der Waals surface area contributed by atoms with Gasteiger partial charge in [-0.1, -0.05) is 152 Å². The summed E-state index contributed by atoms with van der Waals surface area (Å²) >= 11 is 0. The van der Waals surface area contributed by atoms with Crippen molar-refractivity contribution >= 4 is 75.8 Å². The molecule has 0 amide bonds. The highest BCUT2D eigenvalue weighted by Gasteiger charge is 2.28. The molecule has 3 heteroatoms. The van der Waals surface area contributed by atoms with E-state index in [1.165, 1.54) is 70.7 Å². The van der Waals surface area contributed by atoms with Gasteiger partial charge < -0.3 is 0 Å². The summed E-state index contributed by atoms with van der Waals surface area (Å²) in [5.41, 5.74) is 10.3. The Morgan fingerprint density at radius 3 is 1.82 bits per heavy atom. The fourth-order valence-corrected chi connectivity index (χ4v) is 9.03. The fraction of sp³-hybridized carbons (Fsp3) is 0. The number of rotatable bonds is 2. The van der Waals surface area contributed by atoms with Crippen LogP contribution >= 0.6 is 0 Å². The third-order valence-corrected chi connectivity index (χ3v) is 11.1. The van der Waals surface area contributed by atoms with E-state index < -0.39 is 0 Å². The van der Waals surface area contributed by atoms with Crippen molar-refractivity contribution in [1.29, 1.82) is 0 Å². The van der Waals surface area contributed by atoms with Crippen molar-refractivity contribution in [3.05, 3.63) is 164 Å². The summed E-state index contributed by atoms with van der Waals surface area (Å²) in [5.74, 6) is 0.672. The Bertz CT molecular complexity index is 3300. The van der Waals surface area contributed by atoms with Crippen LogP contribution in [-0.2, 0) is 0 Å². The SMILES string of the molecule is c1ccc(-c2nc(-n3c4cc5c6c(cccc6c4c4c6ccccc6c6ccccc6c43)-c3ccccc3-5)nc3ccc4ccccc4c23)cc1. The van der Waals surface area contributed by atoms with E-state index in [4.69, 9.17) is 9.97 Å². The van der Waals surface area contributed by atoms with Crippen molar-refractivity contribution in [3.63, 3.8) is 0 Å². The highest BCUT2D eigenvalue weighted by molar-refractivity contribution is 6.38. The van der Waals surface area contributed by atoms with Gasteiger partial charge in [0, 0.05) is 27.1 Å². The van der Waals surface area contributed by atoms with Crippen LogP contribution in [0.3, 0.4) is 0 Å². The number of hydrogen-bond acceptors (Lipinski definition) is 2. The molecule has 0 saturated heterocycles. The molecule has 11 aromatic rings. The first-order valence-corrected chi connectivity index (χ1v) is 17.5. The van der Waals surface area contributed by atoms with E-state index in [1.54, 1.807) is 0 Å². The smallest absolute Gasteiger partial charge is 0.235 e. The van der Waals surface area contributed by atoms with Crippen molar-refractivity contribution in [2.24, 2.45) is 0 Å². The zero-order valence-corrected chi connectivity index (χ0v) is 27.4. The van der Waals surface area contributed by atoms with Gasteiger partial charge in [-0.05, 0) is 72.1 Å². The van der Waals surface area contributed by atoms with Gasteiger partial charge in [0.2, 0.25) is 5.95 Å². The molecule has 0 unspecified atom stereocenters. The maximum atomic E-state index is 5.60. The first-order chi connectivity index (χ1) is 25.3. The zero-order chi connectivity index (χ0) is 33.2. The molecule has 0 bridgehead atoms. The first kappa shape index (κ1) is 27.0. The van der Waals surface area contributed by atoms with Gasteiger partial charge in [-0.25, -0.2) is 9.97 Å². The van der Waals surface area contributed by atoms with Gasteiger partial charge in [0.15, 0.2) is 0 Å². The minimum Gasteiger partial charge on any atom is -0.277 e. The second-order valence-corrected chi connectivity index (χ2v) is 13.7. The monoisotopic (exact) mass is 645 g/mol. The van der Waals surface area contributed by atoms with E-state index in [1.807, 2.05) is 0 Å². The van der Waals surface area contributed by atoms with Crippen LogP contribution in [-0.4, -0.2) is 14.5 Å². The molecule has 1 aliphatic rings. The molecule has 0 spiro atoms. The summed E-state index contributed by atoms with van der Waals surface area (Å²) < 4.78 is 2.37. The van der Waals surface area contributed by atoms with E-state index in [2.05, 4.69) is 168 Å². The van der Waals surface area contributed by atoms with Crippen LogP contribution in [0.5, 0.6) is 0 Å². The first-order valence-electron chi connectivity index (χ1n) is 17.5. The molecule has 234 valence electrons. The van der Waals surface area contributed by atoms with E-state index >= 15 is 0 Å². The third kappa shape index (κ3) is 3.52. The third-order valence-electron chi connectivity index (χ3n) is 11.1. The molecule has 0 N–H and O–H groups in total. The Hall–Kier alpha value is -6.84. The van der Waals surface area contributed by atoms with Crippen molar-refractivity contribution in [2.75, 3.05) is 0 Å². The number of aromatic nitrogens is 3. The molecule has 0 saturated carbocycles. The number of nitrogens with zero attached hydrogens (tertiary/aromatic N) is 3. The minimum atomic E-state index is 0.672. The lowest BCUT2D eigenvalue weighted by atomic mass is 9.94. The Morgan fingerprint density at radius 2 is 1.00 bits per heavy atom. The van der Waals surface area contributed by atoms with Gasteiger partial charge in [0.1, 0.15) is 0 Å². The molecule has 0 fully saturated rings. The van der Waals surface area contributed by atoms with Crippen LogP contribution in [0.25, 0.3) is 115 Å². The van der Waals surface area contributed by atoms with Crippen LogP contribution in [0, 0.1) is 0 Å². The molecule has 0 aliphatic heterocycles. The normalized spacial score (nSPS) is 12.3. The molecule has 9 aromatic carbocycles. The van der Waals surface area contributed by atoms with E-state index in [-0.39, 0.29) is 0 Å². The lowest BCUT2D eigenvalue weighted by Gasteiger charge is -2.15. The largest absolute Gasteiger partial charge is 0.277 e. The summed E-state index contributed by atoms with van der Waals surface area (Å²) in [6.07, 6.45) is 0. The predicted molar refractivity (Wildman–Crippen MR) is 214 cm³/mol. The Labute approximate surface area is 292 Å². The molecule has 3 nitrogen and oxygen atoms in total. The average molecular weight is 646 g/mol. The van der Waals surface area contributed by atoms with Crippen LogP contribution in [0.15, 0.2) is 164 Å². The van der Waals surface area contributed by atoms with E-state index in [0.717, 1.165) is 38.6 Å². The van der Waals surface area contributed by atoms with Crippen molar-refractivity contribution < 1.29 is 0 Å². The molecular formula is C48H27N3. The van der Waals surface area contributed by atoms with Crippen LogP contribution in [0.2, 0.25) is 0 Å². The zero-order valence-electron chi connectivity index (χ0n) is 27.4. The van der Waals surface area contributed by atoms with E-state index in [0.29, 0.717) is 5.95 Å². The summed E-state index contributed by atoms with van der Waals surface area (Å²) in [5, 5.41) is 13.4. The molecule has 0 atom stereocenters. The molecular weight excluding hydrogens is 619 g/mol. The summed E-state index contributed by atoms with van der Waals surface area (Å²) in [4.78, 5) is 11.1. The number of hydrogen-bond donors (Lipinski definition) is 0. The minimum absolute atomic E-state index is 0.672. The standard InChI is InChI=1S/C48H27N3/c1-2-14-29(15-3-1)46-43-30-16-5-4-13-28(30)25-26-40(43)49-48(50-46)51-41-27-39-34-20-7-6-18-32(34)35-23-12-24-38(42(35)39)44(41)45-36-21-10-8-17-31(36)33-19-9-11-22-37(33)47(45)51/h1-27H. The molecule has 0 radical (unpaired) electrons. The highest BCUT2D eigenvalue weighted by Crippen LogP contribution is 2.52. The molecule has 2 heterocycles. The summed E-state index contributed by atoms with van der Waals surface area (Å²) in [7, 11) is 0. The summed E-state index contributed by atoms with van der Waals surface area (Å²) in [6.45, 7) is 0. The number of fused-ring (bicyclic) bond motifs is 15. The Balaban J connectivity index is 1.35. The quantitative estimate of drug-likeness (QED) is 0.175. The summed E-state index contributed by atoms with van der Waals surface area (Å²) in [6, 6.07) is 59.2. The second kappa shape index (κ2) is 9.87. The molecule has 1 aliphatic carbocycles. The lowest BCUT2D eigenvalue weighted by molar-refractivity contribution is 1.02. The van der Waals surface area contributed by atoms with Gasteiger partial charge in [-0.2, -0.15) is 0 Å². The second-order valence-electron chi connectivity index (χ2n) is 13.7.